The fourth-order valence-electron chi connectivity index (χ4n) is 8.65. The Morgan fingerprint density at radius 2 is 0.978 bits per heavy atom. The van der Waals surface area contributed by atoms with Gasteiger partial charge in [0, 0.05) is 34.8 Å². The molecule has 3 N–H and O–H groups in total. The molecule has 6 nitrogen and oxygen atoms in total. The zero-order chi connectivity index (χ0) is 33.3. The molecule has 0 aromatic heterocycles. The minimum Gasteiger partial charge on any atom is -0.366 e. The number of nitrogens with zero attached hydrogens (tertiary/aromatic N) is 1. The highest BCUT2D eigenvalue weighted by molar-refractivity contribution is 6.02. The number of amides is 3. The zero-order valence-electron chi connectivity index (χ0n) is 29.9. The number of nitrogens with two attached hydrogens (primary N) is 1. The normalized spacial score (nSPS) is 28.3. The molecule has 252 valence electrons. The predicted octanol–water partition coefficient (Wildman–Crippen LogP) is 9.23. The molecule has 6 heteroatoms. The lowest BCUT2D eigenvalue weighted by molar-refractivity contribution is -0.121. The van der Waals surface area contributed by atoms with Crippen molar-refractivity contribution >= 4 is 23.4 Å². The molecule has 45 heavy (non-hydrogen) atoms. The van der Waals surface area contributed by atoms with Crippen LogP contribution in [-0.4, -0.2) is 34.7 Å². The summed E-state index contributed by atoms with van der Waals surface area (Å²) in [5.41, 5.74) is 7.76. The fraction of sp³-hybridized carbons (Fsp3) is 0.769. The number of nitrogens with one attached hydrogen (secondary N) is 1. The van der Waals surface area contributed by atoms with E-state index in [2.05, 4.69) is 72.5 Å². The van der Waals surface area contributed by atoms with E-state index in [1.807, 2.05) is 0 Å². The number of hydrogen-bond donors (Lipinski definition) is 2. The van der Waals surface area contributed by atoms with E-state index in [0.717, 1.165) is 77.0 Å². The molecular formula is C39H63N3O3. The van der Waals surface area contributed by atoms with Crippen molar-refractivity contribution < 1.29 is 14.4 Å². The van der Waals surface area contributed by atoms with Crippen LogP contribution < -0.4 is 11.1 Å². The molecule has 0 heterocycles. The predicted molar refractivity (Wildman–Crippen MR) is 185 cm³/mol. The molecule has 0 unspecified atom stereocenters. The van der Waals surface area contributed by atoms with E-state index in [9.17, 15) is 14.4 Å². The van der Waals surface area contributed by atoms with Gasteiger partial charge in [-0.2, -0.15) is 0 Å². The highest BCUT2D eigenvalue weighted by Gasteiger charge is 2.40. The summed E-state index contributed by atoms with van der Waals surface area (Å²) in [6.45, 7) is 20.8. The van der Waals surface area contributed by atoms with Crippen LogP contribution in [0.2, 0.25) is 0 Å². The third-order valence-electron chi connectivity index (χ3n) is 11.9. The number of rotatable bonds is 6. The van der Waals surface area contributed by atoms with Crippen LogP contribution in [0.3, 0.4) is 0 Å². The Balaban J connectivity index is 1.57. The smallest absolute Gasteiger partial charge is 0.254 e. The number of hydrogen-bond acceptors (Lipinski definition) is 3. The summed E-state index contributed by atoms with van der Waals surface area (Å²) < 4.78 is 0. The molecule has 3 saturated carbocycles. The van der Waals surface area contributed by atoms with Crippen molar-refractivity contribution in [2.45, 2.75) is 151 Å². The Kier molecular flexibility index (Phi) is 10.9. The van der Waals surface area contributed by atoms with Crippen LogP contribution in [-0.2, 0) is 4.79 Å². The molecule has 3 fully saturated rings. The molecule has 0 atom stereocenters. The topological polar surface area (TPSA) is 92.5 Å². The van der Waals surface area contributed by atoms with Crippen molar-refractivity contribution in [1.29, 1.82) is 0 Å². The quantitative estimate of drug-likeness (QED) is 0.332. The van der Waals surface area contributed by atoms with E-state index in [-0.39, 0.29) is 51.6 Å². The second-order valence-electron chi connectivity index (χ2n) is 18.0. The third kappa shape index (κ3) is 8.92. The lowest BCUT2D eigenvalue weighted by Crippen LogP contribution is -2.50. The molecule has 0 spiro atoms. The van der Waals surface area contributed by atoms with E-state index in [1.54, 1.807) is 18.2 Å². The largest absolute Gasteiger partial charge is 0.366 e. The van der Waals surface area contributed by atoms with E-state index in [0.29, 0.717) is 29.0 Å². The molecule has 3 amide bonds. The van der Waals surface area contributed by atoms with E-state index in [1.165, 1.54) is 0 Å². The maximum absolute atomic E-state index is 14.6. The number of primary amides is 1. The number of anilines is 1. The average Bonchev–Trinajstić information content (AvgIpc) is 2.96. The SMILES string of the molecule is CC(C)(C)[C@H]1CC[C@@H](C(=O)Nc2cc(C(N)=O)cc(C(=O)N([C@H]3CC[C@@H](C(C)(C)C)CC3)[C@H]3CC[C@@H](C(C)(C)C)CC3)c2)CC1. The molecule has 4 rings (SSSR count). The first-order valence-electron chi connectivity index (χ1n) is 17.9. The molecule has 0 radical (unpaired) electrons. The van der Waals surface area contributed by atoms with E-state index in [4.69, 9.17) is 5.73 Å². The highest BCUT2D eigenvalue weighted by atomic mass is 16.2. The van der Waals surface area contributed by atoms with Gasteiger partial charge in [-0.15, -0.1) is 0 Å². The van der Waals surface area contributed by atoms with Crippen LogP contribution >= 0.6 is 0 Å². The maximum Gasteiger partial charge on any atom is 0.254 e. The summed E-state index contributed by atoms with van der Waals surface area (Å²) in [5, 5.41) is 3.08. The number of carbonyl (C=O) groups is 3. The molecule has 1 aromatic carbocycles. The molecule has 1 aromatic rings. The molecule has 3 aliphatic carbocycles. The lowest BCUT2D eigenvalue weighted by Gasteiger charge is -2.47. The minimum absolute atomic E-state index is 0.0276. The summed E-state index contributed by atoms with van der Waals surface area (Å²) in [6, 6.07) is 5.41. The fourth-order valence-corrected chi connectivity index (χ4v) is 8.65. The molecule has 0 saturated heterocycles. The van der Waals surface area contributed by atoms with Crippen LogP contribution in [0.1, 0.15) is 160 Å². The Hall–Kier alpha value is -2.37. The van der Waals surface area contributed by atoms with Crippen molar-refractivity contribution in [3.63, 3.8) is 0 Å². The van der Waals surface area contributed by atoms with Crippen molar-refractivity contribution in [3.8, 4) is 0 Å². The minimum atomic E-state index is -0.589. The van der Waals surface area contributed by atoms with Crippen molar-refractivity contribution in [2.24, 2.45) is 45.7 Å². The second-order valence-corrected chi connectivity index (χ2v) is 18.0. The van der Waals surface area contributed by atoms with Crippen LogP contribution in [0.4, 0.5) is 5.69 Å². The highest BCUT2D eigenvalue weighted by Crippen LogP contribution is 2.44. The lowest BCUT2D eigenvalue weighted by atomic mass is 9.69. The van der Waals surface area contributed by atoms with Crippen molar-refractivity contribution in [2.75, 3.05) is 5.32 Å². The summed E-state index contributed by atoms with van der Waals surface area (Å²) in [4.78, 5) is 42.7. The van der Waals surface area contributed by atoms with Gasteiger partial charge in [0.25, 0.3) is 5.91 Å². The van der Waals surface area contributed by atoms with Gasteiger partial charge in [0.1, 0.15) is 0 Å². The van der Waals surface area contributed by atoms with Gasteiger partial charge in [0.05, 0.1) is 0 Å². The van der Waals surface area contributed by atoms with Crippen molar-refractivity contribution in [1.82, 2.24) is 4.90 Å². The monoisotopic (exact) mass is 621 g/mol. The van der Waals surface area contributed by atoms with E-state index < -0.39 is 5.91 Å². The Morgan fingerprint density at radius 1 is 0.600 bits per heavy atom. The van der Waals surface area contributed by atoms with Gasteiger partial charge in [0.2, 0.25) is 11.8 Å². The standard InChI is InChI=1S/C39H63N3O3/c1-37(2,3)28-12-10-25(11-13-28)35(44)41-31-23-26(34(40)43)22-27(24-31)36(45)42(32-18-14-29(15-19-32)38(4,5)6)33-20-16-30(17-21-33)39(7,8)9/h22-25,28-30,32-33H,10-21H2,1-9H3,(H2,40,43)(H,41,44)/t25-,28+,29-,30-,32+,33+. The molecule has 0 bridgehead atoms. The van der Waals surface area contributed by atoms with Crippen LogP contribution in [0.25, 0.3) is 0 Å². The van der Waals surface area contributed by atoms with Gasteiger partial charge in [-0.1, -0.05) is 62.3 Å². The number of benzene rings is 1. The Morgan fingerprint density at radius 3 is 1.36 bits per heavy atom. The first-order chi connectivity index (χ1) is 20.8. The van der Waals surface area contributed by atoms with E-state index >= 15 is 0 Å². The van der Waals surface area contributed by atoms with Gasteiger partial charge >= 0.3 is 0 Å². The summed E-state index contributed by atoms with van der Waals surface area (Å²) >= 11 is 0. The first-order valence-corrected chi connectivity index (χ1v) is 17.9. The van der Waals surface area contributed by atoms with Gasteiger partial charge in [-0.05, 0) is 129 Å². The Labute approximate surface area is 274 Å². The molecule has 3 aliphatic rings. The molecular weight excluding hydrogens is 558 g/mol. The summed E-state index contributed by atoms with van der Waals surface area (Å²) in [6.07, 6.45) is 12.3. The van der Waals surface area contributed by atoms with Gasteiger partial charge < -0.3 is 16.0 Å². The molecule has 0 aliphatic heterocycles. The van der Waals surface area contributed by atoms with Gasteiger partial charge in [0.15, 0.2) is 0 Å². The van der Waals surface area contributed by atoms with Gasteiger partial charge in [-0.25, -0.2) is 0 Å². The van der Waals surface area contributed by atoms with Crippen LogP contribution in [0.15, 0.2) is 18.2 Å². The third-order valence-corrected chi connectivity index (χ3v) is 11.9. The first kappa shape index (κ1) is 35.5. The number of carbonyl (C=O) groups excluding carboxylic acids is 3. The van der Waals surface area contributed by atoms with Crippen molar-refractivity contribution in [3.05, 3.63) is 29.3 Å². The summed E-state index contributed by atoms with van der Waals surface area (Å²) in [5.74, 6) is 1.22. The second kappa shape index (κ2) is 13.8. The van der Waals surface area contributed by atoms with Crippen LogP contribution in [0, 0.1) is 39.9 Å². The van der Waals surface area contributed by atoms with Gasteiger partial charge in [-0.3, -0.25) is 14.4 Å². The maximum atomic E-state index is 14.6. The average molecular weight is 622 g/mol. The van der Waals surface area contributed by atoms with Crippen LogP contribution in [0.5, 0.6) is 0 Å². The Bertz CT molecular complexity index is 1160. The zero-order valence-corrected chi connectivity index (χ0v) is 29.9. The summed E-state index contributed by atoms with van der Waals surface area (Å²) in [7, 11) is 0.